The van der Waals surface area contributed by atoms with Gasteiger partial charge in [-0.25, -0.2) is 14.4 Å². The van der Waals surface area contributed by atoms with Crippen molar-refractivity contribution in [2.24, 2.45) is 5.41 Å². The van der Waals surface area contributed by atoms with E-state index in [9.17, 15) is 9.18 Å². The predicted octanol–water partition coefficient (Wildman–Crippen LogP) is 4.96. The first-order valence-electron chi connectivity index (χ1n) is 12.9. The number of rotatable bonds is 4. The van der Waals surface area contributed by atoms with Gasteiger partial charge in [-0.05, 0) is 75.7 Å². The maximum Gasteiger partial charge on any atom is 0.229 e. The number of hydrogen-bond donors (Lipinski definition) is 1. The normalized spacial score (nSPS) is 23.8. The largest absolute Gasteiger partial charge is 0.368 e. The summed E-state index contributed by atoms with van der Waals surface area (Å²) in [6.45, 7) is 4.90. The molecule has 7 heteroatoms. The number of carbonyl (C=O) groups excluding carboxylic acids is 1. The van der Waals surface area contributed by atoms with Crippen LogP contribution < -0.4 is 5.73 Å². The summed E-state index contributed by atoms with van der Waals surface area (Å²) >= 11 is 0. The number of aromatic nitrogens is 2. The van der Waals surface area contributed by atoms with Crippen LogP contribution in [0.5, 0.6) is 0 Å². The highest BCUT2D eigenvalue weighted by Gasteiger charge is 2.44. The van der Waals surface area contributed by atoms with Crippen molar-refractivity contribution in [1.82, 2.24) is 19.8 Å². The molecule has 2 N–H and O–H groups in total. The van der Waals surface area contributed by atoms with Crippen molar-refractivity contribution in [1.29, 1.82) is 0 Å². The van der Waals surface area contributed by atoms with Gasteiger partial charge in [-0.1, -0.05) is 31.9 Å². The lowest BCUT2D eigenvalue weighted by atomic mass is 9.77. The van der Waals surface area contributed by atoms with Gasteiger partial charge >= 0.3 is 0 Å². The van der Waals surface area contributed by atoms with Crippen molar-refractivity contribution in [3.8, 4) is 11.1 Å². The smallest absolute Gasteiger partial charge is 0.229 e. The standard InChI is InChI=1S/C27H36FN5O/c1-27(13-16-32(17-14-27)21-6-2-3-7-21)25(34)33-15-5-4-8-23(33)24-22(18-30-26(29)31-24)19-9-11-20(28)12-10-19/h9-12,18,21,23H,2-8,13-17H2,1H3,(H2,29,30,31). The SMILES string of the molecule is CC1(C(=O)N2CCCCC2c2nc(N)ncc2-c2ccc(F)cc2)CCN(C2CCCC2)CC1. The van der Waals surface area contributed by atoms with E-state index in [1.54, 1.807) is 18.3 Å². The lowest BCUT2D eigenvalue weighted by Gasteiger charge is -2.46. The third-order valence-corrected chi connectivity index (χ3v) is 8.33. The molecular formula is C27H36FN5O. The molecule has 3 heterocycles. The maximum absolute atomic E-state index is 14.0. The van der Waals surface area contributed by atoms with Gasteiger partial charge < -0.3 is 15.5 Å². The lowest BCUT2D eigenvalue weighted by Crippen LogP contribution is -2.52. The first-order valence-corrected chi connectivity index (χ1v) is 12.9. The van der Waals surface area contributed by atoms with Crippen LogP contribution in [0.25, 0.3) is 11.1 Å². The molecule has 2 aromatic rings. The third-order valence-electron chi connectivity index (χ3n) is 8.33. The monoisotopic (exact) mass is 465 g/mol. The van der Waals surface area contributed by atoms with Crippen molar-refractivity contribution in [2.75, 3.05) is 25.4 Å². The molecule has 1 aromatic heterocycles. The van der Waals surface area contributed by atoms with Gasteiger partial charge in [-0.3, -0.25) is 4.79 Å². The van der Waals surface area contributed by atoms with Gasteiger partial charge in [0.15, 0.2) is 0 Å². The fraction of sp³-hybridized carbons (Fsp3) is 0.593. The Bertz CT molecular complexity index is 1010. The van der Waals surface area contributed by atoms with Crippen molar-refractivity contribution >= 4 is 11.9 Å². The number of halogens is 1. The van der Waals surface area contributed by atoms with Gasteiger partial charge in [-0.2, -0.15) is 0 Å². The summed E-state index contributed by atoms with van der Waals surface area (Å²) in [5, 5.41) is 0. The van der Waals surface area contributed by atoms with E-state index in [0.717, 1.165) is 68.6 Å². The second-order valence-electron chi connectivity index (χ2n) is 10.6. The van der Waals surface area contributed by atoms with Crippen LogP contribution in [0.15, 0.2) is 30.5 Å². The van der Waals surface area contributed by atoms with Gasteiger partial charge in [0.05, 0.1) is 11.7 Å². The van der Waals surface area contributed by atoms with Crippen molar-refractivity contribution in [3.63, 3.8) is 0 Å². The molecule has 2 saturated heterocycles. The Hall–Kier alpha value is -2.54. The number of amides is 1. The van der Waals surface area contributed by atoms with Crippen molar-refractivity contribution in [2.45, 2.75) is 76.8 Å². The molecule has 0 spiro atoms. The van der Waals surface area contributed by atoms with E-state index in [1.807, 2.05) is 0 Å². The van der Waals surface area contributed by atoms with E-state index < -0.39 is 0 Å². The maximum atomic E-state index is 14.0. The number of benzene rings is 1. The van der Waals surface area contributed by atoms with E-state index in [1.165, 1.54) is 37.8 Å². The second kappa shape index (κ2) is 9.61. The van der Waals surface area contributed by atoms with Crippen LogP contribution in [0.1, 0.15) is 76.4 Å². The average Bonchev–Trinajstić information content (AvgIpc) is 3.40. The fourth-order valence-electron chi connectivity index (χ4n) is 6.19. The van der Waals surface area contributed by atoms with Crippen molar-refractivity contribution in [3.05, 3.63) is 42.0 Å². The van der Waals surface area contributed by atoms with Crippen molar-refractivity contribution < 1.29 is 9.18 Å². The second-order valence-corrected chi connectivity index (χ2v) is 10.6. The molecule has 6 nitrogen and oxygen atoms in total. The molecule has 5 rings (SSSR count). The van der Waals surface area contributed by atoms with Crippen LogP contribution in [-0.2, 0) is 4.79 Å². The molecule has 0 bridgehead atoms. The summed E-state index contributed by atoms with van der Waals surface area (Å²) in [6.07, 6.45) is 11.7. The molecule has 1 atom stereocenters. The quantitative estimate of drug-likeness (QED) is 0.691. The van der Waals surface area contributed by atoms with Gasteiger partial charge in [0.25, 0.3) is 0 Å². The van der Waals surface area contributed by atoms with Crippen LogP contribution in [0.4, 0.5) is 10.3 Å². The minimum atomic E-state index is -0.348. The number of nitrogens with two attached hydrogens (primary N) is 1. The van der Waals surface area contributed by atoms with Gasteiger partial charge in [0.1, 0.15) is 5.82 Å². The summed E-state index contributed by atoms with van der Waals surface area (Å²) < 4.78 is 13.6. The minimum Gasteiger partial charge on any atom is -0.368 e. The van der Waals surface area contributed by atoms with Crippen LogP contribution >= 0.6 is 0 Å². The summed E-state index contributed by atoms with van der Waals surface area (Å²) in [7, 11) is 0. The summed E-state index contributed by atoms with van der Waals surface area (Å²) in [4.78, 5) is 27.6. The van der Waals surface area contributed by atoms with E-state index in [0.29, 0.717) is 6.04 Å². The van der Waals surface area contributed by atoms with Gasteiger partial charge in [0, 0.05) is 29.8 Å². The number of nitrogens with zero attached hydrogens (tertiary/aromatic N) is 4. The number of hydrogen-bond acceptors (Lipinski definition) is 5. The fourth-order valence-corrected chi connectivity index (χ4v) is 6.19. The molecule has 1 aliphatic carbocycles. The summed E-state index contributed by atoms with van der Waals surface area (Å²) in [5.74, 6) is 0.161. The van der Waals surface area contributed by atoms with E-state index >= 15 is 0 Å². The molecule has 1 aromatic carbocycles. The predicted molar refractivity (Wildman–Crippen MR) is 131 cm³/mol. The Kier molecular flexibility index (Phi) is 6.56. The zero-order valence-electron chi connectivity index (χ0n) is 20.2. The molecule has 0 radical (unpaired) electrons. The minimum absolute atomic E-state index is 0.142. The number of carbonyl (C=O) groups is 1. The average molecular weight is 466 g/mol. The molecule has 34 heavy (non-hydrogen) atoms. The molecule has 3 aliphatic rings. The zero-order valence-corrected chi connectivity index (χ0v) is 20.2. The van der Waals surface area contributed by atoms with Gasteiger partial charge in [-0.15, -0.1) is 0 Å². The molecular weight excluding hydrogens is 429 g/mol. The Balaban J connectivity index is 1.40. The van der Waals surface area contributed by atoms with Gasteiger partial charge in [0.2, 0.25) is 11.9 Å². The van der Waals surface area contributed by atoms with Crippen LogP contribution in [-0.4, -0.2) is 51.4 Å². The van der Waals surface area contributed by atoms with E-state index in [-0.39, 0.29) is 29.1 Å². The van der Waals surface area contributed by atoms with Crippen LogP contribution in [0.2, 0.25) is 0 Å². The molecule has 1 unspecified atom stereocenters. The first-order chi connectivity index (χ1) is 16.4. The Morgan fingerprint density at radius 2 is 1.71 bits per heavy atom. The Morgan fingerprint density at radius 3 is 2.41 bits per heavy atom. The molecule has 182 valence electrons. The number of piperidine rings is 2. The third kappa shape index (κ3) is 4.54. The van der Waals surface area contributed by atoms with E-state index in [2.05, 4.69) is 26.7 Å². The highest BCUT2D eigenvalue weighted by Crippen LogP contribution is 2.42. The number of anilines is 1. The number of likely N-dealkylation sites (tertiary alicyclic amines) is 2. The lowest BCUT2D eigenvalue weighted by molar-refractivity contribution is -0.148. The van der Waals surface area contributed by atoms with Crippen LogP contribution in [0.3, 0.4) is 0 Å². The molecule has 1 saturated carbocycles. The number of nitrogen functional groups attached to an aromatic ring is 1. The first kappa shape index (κ1) is 23.2. The topological polar surface area (TPSA) is 75.3 Å². The zero-order chi connectivity index (χ0) is 23.7. The Morgan fingerprint density at radius 1 is 1.03 bits per heavy atom. The molecule has 3 fully saturated rings. The van der Waals surface area contributed by atoms with E-state index in [4.69, 9.17) is 5.73 Å². The highest BCUT2D eigenvalue weighted by molar-refractivity contribution is 5.83. The molecule has 1 amide bonds. The van der Waals surface area contributed by atoms with Crippen LogP contribution in [0, 0.1) is 11.2 Å². The highest BCUT2D eigenvalue weighted by atomic mass is 19.1. The Labute approximate surface area is 201 Å². The summed E-state index contributed by atoms with van der Waals surface area (Å²) in [5.41, 5.74) is 8.10. The molecule has 2 aliphatic heterocycles. The summed E-state index contributed by atoms with van der Waals surface area (Å²) in [6, 6.07) is 6.93.